The third-order valence-electron chi connectivity index (χ3n) is 4.00. The first-order valence-electron chi connectivity index (χ1n) is 7.43. The van der Waals surface area contributed by atoms with Crippen molar-refractivity contribution in [3.05, 3.63) is 23.0 Å². The molecule has 21 heavy (non-hydrogen) atoms. The van der Waals surface area contributed by atoms with E-state index in [0.29, 0.717) is 11.2 Å². The summed E-state index contributed by atoms with van der Waals surface area (Å²) >= 11 is 6.17. The summed E-state index contributed by atoms with van der Waals surface area (Å²) < 4.78 is 0. The van der Waals surface area contributed by atoms with Crippen molar-refractivity contribution in [3.8, 4) is 0 Å². The molecule has 5 nitrogen and oxygen atoms in total. The van der Waals surface area contributed by atoms with Gasteiger partial charge in [-0.1, -0.05) is 18.5 Å². The summed E-state index contributed by atoms with van der Waals surface area (Å²) in [4.78, 5) is 6.86. The van der Waals surface area contributed by atoms with Crippen molar-refractivity contribution < 1.29 is 0 Å². The zero-order valence-corrected chi connectivity index (χ0v) is 13.2. The van der Waals surface area contributed by atoms with E-state index in [-0.39, 0.29) is 0 Å². The van der Waals surface area contributed by atoms with Crippen LogP contribution in [0.25, 0.3) is 10.9 Å². The molecule has 1 saturated heterocycles. The summed E-state index contributed by atoms with van der Waals surface area (Å²) in [5, 5.41) is 13.0. The number of anilines is 1. The van der Waals surface area contributed by atoms with E-state index in [4.69, 9.17) is 11.6 Å². The Bertz CT molecular complexity index is 645. The molecule has 0 radical (unpaired) electrons. The second kappa shape index (κ2) is 6.12. The molecule has 1 fully saturated rings. The van der Waals surface area contributed by atoms with Gasteiger partial charge < -0.3 is 10.2 Å². The first-order valence-corrected chi connectivity index (χ1v) is 7.81. The number of nitrogens with one attached hydrogen (secondary N) is 1. The van der Waals surface area contributed by atoms with E-state index in [0.717, 1.165) is 48.2 Å². The fraction of sp³-hybridized carbons (Fsp3) is 0.533. The first-order chi connectivity index (χ1) is 10.2. The molecule has 2 aromatic heterocycles. The number of halogens is 1. The fourth-order valence-corrected chi connectivity index (χ4v) is 3.00. The molecular formula is C15H20ClN5. The molecule has 0 aliphatic carbocycles. The molecule has 0 amide bonds. The molecule has 0 saturated carbocycles. The standard InChI is InChI=1S/C15H20ClN5/c1-3-10-7-12-13(17-8-10)15(20-19-14(12)16)18-11-5-4-6-21(2)9-11/h7-8,11H,3-6,9H2,1-2H3,(H,18,20)/t11-/m1/s1. The molecular weight excluding hydrogens is 286 g/mol. The van der Waals surface area contributed by atoms with Gasteiger partial charge in [-0.3, -0.25) is 4.98 Å². The van der Waals surface area contributed by atoms with E-state index >= 15 is 0 Å². The molecule has 3 rings (SSSR count). The topological polar surface area (TPSA) is 53.9 Å². The summed E-state index contributed by atoms with van der Waals surface area (Å²) in [6, 6.07) is 2.44. The number of hydrogen-bond acceptors (Lipinski definition) is 5. The van der Waals surface area contributed by atoms with Crippen LogP contribution in [0.2, 0.25) is 5.15 Å². The second-order valence-electron chi connectivity index (χ2n) is 5.68. The normalized spacial score (nSPS) is 19.9. The van der Waals surface area contributed by atoms with E-state index in [1.807, 2.05) is 6.20 Å². The van der Waals surface area contributed by atoms with Gasteiger partial charge in [-0.2, -0.15) is 0 Å². The lowest BCUT2D eigenvalue weighted by molar-refractivity contribution is 0.261. The highest BCUT2D eigenvalue weighted by Gasteiger charge is 2.19. The van der Waals surface area contributed by atoms with Gasteiger partial charge in [-0.25, -0.2) is 0 Å². The smallest absolute Gasteiger partial charge is 0.175 e. The summed E-state index contributed by atoms with van der Waals surface area (Å²) in [6.07, 6.45) is 5.15. The van der Waals surface area contributed by atoms with Crippen molar-refractivity contribution in [1.29, 1.82) is 0 Å². The number of aromatic nitrogens is 3. The molecule has 0 aromatic carbocycles. The van der Waals surface area contributed by atoms with Crippen LogP contribution in [0.4, 0.5) is 5.82 Å². The van der Waals surface area contributed by atoms with Crippen molar-refractivity contribution in [3.63, 3.8) is 0 Å². The molecule has 112 valence electrons. The molecule has 1 aliphatic heterocycles. The van der Waals surface area contributed by atoms with E-state index in [1.165, 1.54) is 6.42 Å². The number of likely N-dealkylation sites (N-methyl/N-ethyl adjacent to an activating group) is 1. The number of fused-ring (bicyclic) bond motifs is 1. The predicted octanol–water partition coefficient (Wildman–Crippen LogP) is 2.75. The van der Waals surface area contributed by atoms with Crippen molar-refractivity contribution in [2.75, 3.05) is 25.5 Å². The van der Waals surface area contributed by atoms with Crippen molar-refractivity contribution >= 4 is 28.3 Å². The third kappa shape index (κ3) is 3.09. The quantitative estimate of drug-likeness (QED) is 0.945. The van der Waals surface area contributed by atoms with Gasteiger partial charge in [-0.15, -0.1) is 10.2 Å². The van der Waals surface area contributed by atoms with Gasteiger partial charge in [0.05, 0.1) is 0 Å². The van der Waals surface area contributed by atoms with Crippen LogP contribution in [0, 0.1) is 0 Å². The lowest BCUT2D eigenvalue weighted by Gasteiger charge is -2.30. The van der Waals surface area contributed by atoms with Crippen LogP contribution in [-0.4, -0.2) is 46.3 Å². The first kappa shape index (κ1) is 14.5. The Labute approximate surface area is 129 Å². The number of hydrogen-bond donors (Lipinski definition) is 1. The molecule has 2 aromatic rings. The average Bonchev–Trinajstić information content (AvgIpc) is 2.50. The summed E-state index contributed by atoms with van der Waals surface area (Å²) in [6.45, 7) is 4.27. The second-order valence-corrected chi connectivity index (χ2v) is 6.04. The Hall–Kier alpha value is -1.46. The Balaban J connectivity index is 1.93. The Kier molecular flexibility index (Phi) is 4.22. The zero-order chi connectivity index (χ0) is 14.8. The molecule has 0 unspecified atom stereocenters. The van der Waals surface area contributed by atoms with Gasteiger partial charge in [-0.05, 0) is 44.5 Å². The van der Waals surface area contributed by atoms with Gasteiger partial charge in [0.25, 0.3) is 0 Å². The molecule has 0 bridgehead atoms. The maximum atomic E-state index is 6.17. The minimum absolute atomic E-state index is 0.384. The molecule has 0 spiro atoms. The van der Waals surface area contributed by atoms with Gasteiger partial charge >= 0.3 is 0 Å². The van der Waals surface area contributed by atoms with Crippen LogP contribution in [0.5, 0.6) is 0 Å². The van der Waals surface area contributed by atoms with E-state index < -0.39 is 0 Å². The average molecular weight is 306 g/mol. The minimum Gasteiger partial charge on any atom is -0.363 e. The zero-order valence-electron chi connectivity index (χ0n) is 12.4. The molecule has 1 N–H and O–H groups in total. The lowest BCUT2D eigenvalue weighted by atomic mass is 10.1. The van der Waals surface area contributed by atoms with Crippen LogP contribution in [0.15, 0.2) is 12.3 Å². The number of likely N-dealkylation sites (tertiary alicyclic amines) is 1. The fourth-order valence-electron chi connectivity index (χ4n) is 2.82. The maximum absolute atomic E-state index is 6.17. The highest BCUT2D eigenvalue weighted by atomic mass is 35.5. The monoisotopic (exact) mass is 305 g/mol. The molecule has 3 heterocycles. The van der Waals surface area contributed by atoms with Gasteiger partial charge in [0.15, 0.2) is 11.0 Å². The van der Waals surface area contributed by atoms with Gasteiger partial charge in [0, 0.05) is 24.2 Å². The minimum atomic E-state index is 0.384. The lowest BCUT2D eigenvalue weighted by Crippen LogP contribution is -2.40. The van der Waals surface area contributed by atoms with Crippen molar-refractivity contribution in [2.45, 2.75) is 32.2 Å². The number of pyridine rings is 1. The largest absolute Gasteiger partial charge is 0.363 e. The third-order valence-corrected chi connectivity index (χ3v) is 4.28. The predicted molar refractivity (Wildman–Crippen MR) is 85.9 cm³/mol. The van der Waals surface area contributed by atoms with Gasteiger partial charge in [0.2, 0.25) is 0 Å². The summed E-state index contributed by atoms with van der Waals surface area (Å²) in [5.41, 5.74) is 1.96. The summed E-state index contributed by atoms with van der Waals surface area (Å²) in [7, 11) is 2.14. The van der Waals surface area contributed by atoms with Gasteiger partial charge in [0.1, 0.15) is 5.52 Å². The highest BCUT2D eigenvalue weighted by molar-refractivity contribution is 6.34. The van der Waals surface area contributed by atoms with Crippen molar-refractivity contribution in [2.24, 2.45) is 0 Å². The van der Waals surface area contributed by atoms with Crippen LogP contribution in [-0.2, 0) is 6.42 Å². The van der Waals surface area contributed by atoms with E-state index in [9.17, 15) is 0 Å². The SMILES string of the molecule is CCc1cnc2c(N[C@@H]3CCCN(C)C3)nnc(Cl)c2c1. The summed E-state index contributed by atoms with van der Waals surface area (Å²) in [5.74, 6) is 0.734. The van der Waals surface area contributed by atoms with Crippen molar-refractivity contribution in [1.82, 2.24) is 20.1 Å². The highest BCUT2D eigenvalue weighted by Crippen LogP contribution is 2.26. The Morgan fingerprint density at radius 3 is 3.05 bits per heavy atom. The van der Waals surface area contributed by atoms with Crippen LogP contribution >= 0.6 is 11.6 Å². The van der Waals surface area contributed by atoms with E-state index in [2.05, 4.69) is 45.4 Å². The number of rotatable bonds is 3. The molecule has 1 aliphatic rings. The maximum Gasteiger partial charge on any atom is 0.175 e. The van der Waals surface area contributed by atoms with Crippen LogP contribution in [0.1, 0.15) is 25.3 Å². The van der Waals surface area contributed by atoms with Crippen LogP contribution in [0.3, 0.4) is 0 Å². The number of piperidine rings is 1. The molecule has 1 atom stereocenters. The molecule has 6 heteroatoms. The van der Waals surface area contributed by atoms with E-state index in [1.54, 1.807) is 0 Å². The Morgan fingerprint density at radius 2 is 2.29 bits per heavy atom. The Morgan fingerprint density at radius 1 is 1.43 bits per heavy atom. The van der Waals surface area contributed by atoms with Crippen LogP contribution < -0.4 is 5.32 Å². The number of aryl methyl sites for hydroxylation is 1. The number of nitrogens with zero attached hydrogens (tertiary/aromatic N) is 4.